The topological polar surface area (TPSA) is 80.7 Å². The molecule has 6 atom stereocenters. The van der Waals surface area contributed by atoms with Gasteiger partial charge in [0, 0.05) is 11.5 Å². The van der Waals surface area contributed by atoms with E-state index in [1.807, 2.05) is 65.8 Å². The van der Waals surface area contributed by atoms with E-state index in [0.29, 0.717) is 24.8 Å². The number of aliphatic hydroxyl groups is 1. The quantitative estimate of drug-likeness (QED) is 0.259. The summed E-state index contributed by atoms with van der Waals surface area (Å²) in [5, 5.41) is 10.9. The van der Waals surface area contributed by atoms with Gasteiger partial charge in [0.1, 0.15) is 5.41 Å². The molecule has 0 spiro atoms. The summed E-state index contributed by atoms with van der Waals surface area (Å²) in [4.78, 5) is 44.4. The van der Waals surface area contributed by atoms with Gasteiger partial charge in [-0.25, -0.2) is 0 Å². The molecule has 1 N–H and O–H groups in total. The Morgan fingerprint density at radius 1 is 1.05 bits per heavy atom. The van der Waals surface area contributed by atoms with Crippen LogP contribution in [0.1, 0.15) is 91.4 Å². The number of ether oxygens (including phenoxy) is 1. The summed E-state index contributed by atoms with van der Waals surface area (Å²) < 4.78 is 6.54. The molecular formula is C33H44O5. The maximum atomic E-state index is 15.1. The van der Waals surface area contributed by atoms with E-state index in [9.17, 15) is 14.7 Å². The second-order valence-corrected chi connectivity index (χ2v) is 13.4. The molecule has 1 saturated heterocycles. The molecule has 2 aliphatic carbocycles. The van der Waals surface area contributed by atoms with E-state index in [2.05, 4.69) is 6.08 Å². The Hall–Kier alpha value is -2.37. The normalized spacial score (nSPS) is 33.9. The van der Waals surface area contributed by atoms with Crippen molar-refractivity contribution in [2.24, 2.45) is 28.1 Å². The summed E-state index contributed by atoms with van der Waals surface area (Å²) in [6, 6.07) is 8.98. The second-order valence-electron chi connectivity index (χ2n) is 13.4. The summed E-state index contributed by atoms with van der Waals surface area (Å²) in [6.07, 6.45) is 4.23. The molecule has 3 aliphatic rings. The highest BCUT2D eigenvalue weighted by molar-refractivity contribution is 6.26. The van der Waals surface area contributed by atoms with Gasteiger partial charge in [0.2, 0.25) is 0 Å². The van der Waals surface area contributed by atoms with Gasteiger partial charge in [-0.3, -0.25) is 14.4 Å². The molecule has 5 heteroatoms. The molecule has 0 unspecified atom stereocenters. The predicted molar refractivity (Wildman–Crippen MR) is 149 cm³/mol. The fourth-order valence-corrected chi connectivity index (χ4v) is 7.36. The smallest absolute Gasteiger partial charge is 0.179 e. The Morgan fingerprint density at radius 3 is 2.21 bits per heavy atom. The number of allylic oxidation sites excluding steroid dienone is 4. The van der Waals surface area contributed by atoms with Crippen molar-refractivity contribution in [2.45, 2.75) is 98.9 Å². The van der Waals surface area contributed by atoms with Crippen molar-refractivity contribution < 1.29 is 24.2 Å². The monoisotopic (exact) mass is 520 g/mol. The Morgan fingerprint density at radius 2 is 1.66 bits per heavy atom. The number of carbonyl (C=O) groups is 3. The molecule has 1 heterocycles. The number of hydrogen-bond donors (Lipinski definition) is 1. The average molecular weight is 521 g/mol. The number of hydrogen-bond acceptors (Lipinski definition) is 5. The Kier molecular flexibility index (Phi) is 7.29. The van der Waals surface area contributed by atoms with Gasteiger partial charge >= 0.3 is 0 Å². The van der Waals surface area contributed by atoms with Crippen LogP contribution in [0.5, 0.6) is 0 Å². The third-order valence-electron chi connectivity index (χ3n) is 9.66. The van der Waals surface area contributed by atoms with Crippen LogP contribution < -0.4 is 0 Å². The summed E-state index contributed by atoms with van der Waals surface area (Å²) in [7, 11) is 0. The molecular weight excluding hydrogens is 476 g/mol. The van der Waals surface area contributed by atoms with Gasteiger partial charge in [-0.15, -0.1) is 0 Å². The molecule has 2 bridgehead atoms. The second kappa shape index (κ2) is 9.67. The molecule has 0 radical (unpaired) electrons. The van der Waals surface area contributed by atoms with Crippen molar-refractivity contribution in [3.05, 3.63) is 59.2 Å². The van der Waals surface area contributed by atoms with E-state index in [-0.39, 0.29) is 29.7 Å². The van der Waals surface area contributed by atoms with E-state index in [1.54, 1.807) is 26.0 Å². The van der Waals surface area contributed by atoms with Crippen LogP contribution in [0.25, 0.3) is 0 Å². The van der Waals surface area contributed by atoms with Crippen molar-refractivity contribution in [1.82, 2.24) is 0 Å². The zero-order chi connectivity index (χ0) is 28.3. The van der Waals surface area contributed by atoms with Crippen molar-refractivity contribution in [1.29, 1.82) is 0 Å². The van der Waals surface area contributed by atoms with Gasteiger partial charge in [0.05, 0.1) is 23.2 Å². The molecule has 0 aromatic heterocycles. The first kappa shape index (κ1) is 28.6. The lowest BCUT2D eigenvalue weighted by Crippen LogP contribution is -2.74. The van der Waals surface area contributed by atoms with Crippen molar-refractivity contribution in [2.75, 3.05) is 0 Å². The molecule has 1 aliphatic heterocycles. The van der Waals surface area contributed by atoms with Crippen molar-refractivity contribution in [3.8, 4) is 0 Å². The van der Waals surface area contributed by atoms with Gasteiger partial charge in [0.15, 0.2) is 17.3 Å². The number of benzene rings is 1. The first-order valence-corrected chi connectivity index (χ1v) is 13.9. The van der Waals surface area contributed by atoms with Gasteiger partial charge in [-0.1, -0.05) is 67.5 Å². The third kappa shape index (κ3) is 4.17. The summed E-state index contributed by atoms with van der Waals surface area (Å²) in [6.45, 7) is 15.4. The molecule has 4 rings (SSSR count). The van der Waals surface area contributed by atoms with E-state index in [0.717, 1.165) is 11.1 Å². The highest BCUT2D eigenvalue weighted by Gasteiger charge is 2.79. The van der Waals surface area contributed by atoms with E-state index in [4.69, 9.17) is 4.74 Å². The van der Waals surface area contributed by atoms with Gasteiger partial charge < -0.3 is 9.84 Å². The van der Waals surface area contributed by atoms with Crippen LogP contribution in [0.15, 0.2) is 53.6 Å². The third-order valence-corrected chi connectivity index (χ3v) is 9.66. The zero-order valence-corrected chi connectivity index (χ0v) is 24.3. The fraction of sp³-hybridized carbons (Fsp3) is 0.606. The number of ketones is 3. The van der Waals surface area contributed by atoms with Crippen molar-refractivity contribution in [3.63, 3.8) is 0 Å². The Balaban J connectivity index is 2.04. The molecule has 1 aromatic rings. The molecule has 0 amide bonds. The van der Waals surface area contributed by atoms with Crippen LogP contribution in [0.4, 0.5) is 0 Å². The highest BCUT2D eigenvalue weighted by Crippen LogP contribution is 2.68. The largest absolute Gasteiger partial charge is 0.388 e. The zero-order valence-electron chi connectivity index (χ0n) is 24.3. The SMILES string of the molecule is CC(C)=CC[C@@H]1C[C@@]2(CC=C(C)C)C(=O)[C@@H]3C[C@H](C(C)(C)O)O[C@@H]3[C@](C(=O)c3ccccc3)(C2=O)C1(C)C. The van der Waals surface area contributed by atoms with E-state index >= 15 is 4.79 Å². The molecule has 3 fully saturated rings. The van der Waals surface area contributed by atoms with Crippen LogP contribution >= 0.6 is 0 Å². The standard InChI is InChI=1S/C33H44O5/c1-20(2)14-15-23-19-32(17-16-21(3)4)27(35)24-18-25(31(7,8)37)38-28(24)33(29(32)36,30(23,5)6)26(34)22-12-10-9-11-13-22/h9-14,16,23-25,28,37H,15,17-19H2,1-8H3/t23-,24+,25-,28+,32+,33-/m1/s1. The molecule has 5 nitrogen and oxygen atoms in total. The Labute approximate surface area is 227 Å². The van der Waals surface area contributed by atoms with Gasteiger partial charge in [-0.05, 0) is 78.6 Å². The lowest BCUT2D eigenvalue weighted by atomic mass is 9.37. The lowest BCUT2D eigenvalue weighted by molar-refractivity contribution is -0.198. The maximum absolute atomic E-state index is 15.1. The average Bonchev–Trinajstić information content (AvgIpc) is 3.29. The van der Waals surface area contributed by atoms with E-state index < -0.39 is 40.0 Å². The first-order valence-electron chi connectivity index (χ1n) is 13.9. The van der Waals surface area contributed by atoms with Crippen LogP contribution in [0.2, 0.25) is 0 Å². The van der Waals surface area contributed by atoms with Gasteiger partial charge in [-0.2, -0.15) is 0 Å². The lowest BCUT2D eigenvalue weighted by Gasteiger charge is -2.63. The minimum absolute atomic E-state index is 0.0944. The number of rotatable bonds is 7. The molecule has 206 valence electrons. The summed E-state index contributed by atoms with van der Waals surface area (Å²) in [5.74, 6) is -1.41. The predicted octanol–water partition coefficient (Wildman–Crippen LogP) is 6.30. The molecule has 38 heavy (non-hydrogen) atoms. The first-order chi connectivity index (χ1) is 17.6. The fourth-order valence-electron chi connectivity index (χ4n) is 7.36. The van der Waals surface area contributed by atoms with Gasteiger partial charge in [0.25, 0.3) is 0 Å². The number of fused-ring (bicyclic) bond motifs is 4. The highest BCUT2D eigenvalue weighted by atomic mass is 16.5. The van der Waals surface area contributed by atoms with Crippen molar-refractivity contribution >= 4 is 17.3 Å². The van der Waals surface area contributed by atoms with Crippen LogP contribution in [0, 0.1) is 28.1 Å². The minimum atomic E-state index is -1.55. The van der Waals surface area contributed by atoms with E-state index in [1.165, 1.54) is 0 Å². The van der Waals surface area contributed by atoms with Crippen LogP contribution in [0.3, 0.4) is 0 Å². The summed E-state index contributed by atoms with van der Waals surface area (Å²) >= 11 is 0. The number of Topliss-reactive ketones (excluding diaryl/α,β-unsaturated/α-hetero) is 3. The molecule has 2 saturated carbocycles. The van der Waals surface area contributed by atoms with Crippen LogP contribution in [-0.2, 0) is 14.3 Å². The Bertz CT molecular complexity index is 1180. The molecule has 1 aromatic carbocycles. The van der Waals surface area contributed by atoms with Crippen LogP contribution in [-0.4, -0.2) is 40.3 Å². The number of carbonyl (C=O) groups excluding carboxylic acids is 3. The minimum Gasteiger partial charge on any atom is -0.388 e. The maximum Gasteiger partial charge on any atom is 0.179 e. The summed E-state index contributed by atoms with van der Waals surface area (Å²) in [5.41, 5.74) is -2.22.